The van der Waals surface area contributed by atoms with Crippen LogP contribution in [0.25, 0.3) is 0 Å². The van der Waals surface area contributed by atoms with E-state index in [0.29, 0.717) is 45.1 Å². The number of halogens is 4. The molecule has 0 fully saturated rings. The molecule has 0 bridgehead atoms. The van der Waals surface area contributed by atoms with Gasteiger partial charge in [-0.2, -0.15) is 0 Å². The summed E-state index contributed by atoms with van der Waals surface area (Å²) in [6.45, 7) is 0. The molecule has 0 aliphatic heterocycles. The Balaban J connectivity index is 1.76. The van der Waals surface area contributed by atoms with E-state index in [-0.39, 0.29) is 5.78 Å². The van der Waals surface area contributed by atoms with Crippen molar-refractivity contribution < 1.29 is 13.6 Å². The van der Waals surface area contributed by atoms with E-state index >= 15 is 0 Å². The number of benzene rings is 4. The van der Waals surface area contributed by atoms with Crippen LogP contribution < -0.4 is 0 Å². The fourth-order valence-electron chi connectivity index (χ4n) is 3.70. The smallest absolute Gasteiger partial charge is 0.193 e. The summed E-state index contributed by atoms with van der Waals surface area (Å²) in [5.41, 5.74) is 3.28. The van der Waals surface area contributed by atoms with E-state index in [9.17, 15) is 13.6 Å². The van der Waals surface area contributed by atoms with Gasteiger partial charge in [-0.05, 0) is 83.6 Å². The lowest BCUT2D eigenvalue weighted by Gasteiger charge is -2.14. The zero-order valence-corrected chi connectivity index (χ0v) is 18.4. The van der Waals surface area contributed by atoms with Gasteiger partial charge in [-0.15, -0.1) is 0 Å². The van der Waals surface area contributed by atoms with Gasteiger partial charge in [0.2, 0.25) is 0 Å². The van der Waals surface area contributed by atoms with E-state index in [1.165, 1.54) is 36.4 Å². The van der Waals surface area contributed by atoms with Crippen LogP contribution in [0.2, 0.25) is 10.0 Å². The second-order valence-electron chi connectivity index (χ2n) is 7.47. The lowest BCUT2D eigenvalue weighted by molar-refractivity contribution is 0.103. The summed E-state index contributed by atoms with van der Waals surface area (Å²) in [7, 11) is 0. The average molecular weight is 467 g/mol. The van der Waals surface area contributed by atoms with Crippen molar-refractivity contribution in [1.82, 2.24) is 0 Å². The van der Waals surface area contributed by atoms with Crippen molar-refractivity contribution in [1.29, 1.82) is 0 Å². The third-order valence-electron chi connectivity index (χ3n) is 5.30. The van der Waals surface area contributed by atoms with Crippen LogP contribution in [0.1, 0.15) is 38.2 Å². The number of hydrogen-bond acceptors (Lipinski definition) is 1. The minimum Gasteiger partial charge on any atom is -0.289 e. The Morgan fingerprint density at radius 2 is 1.00 bits per heavy atom. The van der Waals surface area contributed by atoms with E-state index in [4.69, 9.17) is 23.2 Å². The molecule has 0 unspecified atom stereocenters. The third kappa shape index (κ3) is 4.90. The van der Waals surface area contributed by atoms with Crippen LogP contribution in [0, 0.1) is 11.6 Å². The molecule has 0 amide bonds. The SMILES string of the molecule is O=C(c1ccc(F)cc1Cc1ccccc1Cl)c1ccc(F)cc1Cc1ccccc1Cl. The highest BCUT2D eigenvalue weighted by Gasteiger charge is 2.19. The summed E-state index contributed by atoms with van der Waals surface area (Å²) in [6, 6.07) is 22.6. The van der Waals surface area contributed by atoms with Crippen LogP contribution in [0.4, 0.5) is 8.78 Å². The molecule has 0 N–H and O–H groups in total. The minimum atomic E-state index is -0.445. The molecule has 5 heteroatoms. The Kier molecular flexibility index (Phi) is 6.69. The van der Waals surface area contributed by atoms with Crippen LogP contribution in [-0.2, 0) is 12.8 Å². The summed E-state index contributed by atoms with van der Waals surface area (Å²) < 4.78 is 28.1. The number of ketones is 1. The van der Waals surface area contributed by atoms with Gasteiger partial charge in [0.05, 0.1) is 0 Å². The molecule has 1 nitrogen and oxygen atoms in total. The van der Waals surface area contributed by atoms with E-state index in [2.05, 4.69) is 0 Å². The maximum atomic E-state index is 14.1. The van der Waals surface area contributed by atoms with Crippen molar-refractivity contribution >= 4 is 29.0 Å². The van der Waals surface area contributed by atoms with Gasteiger partial charge in [0.1, 0.15) is 11.6 Å². The summed E-state index contributed by atoms with van der Waals surface area (Å²) in [6.07, 6.45) is 0.582. The van der Waals surface area contributed by atoms with Crippen LogP contribution in [0.5, 0.6) is 0 Å². The minimum absolute atomic E-state index is 0.291. The highest BCUT2D eigenvalue weighted by molar-refractivity contribution is 6.31. The summed E-state index contributed by atoms with van der Waals surface area (Å²) in [5, 5.41) is 1.08. The number of rotatable bonds is 6. The van der Waals surface area contributed by atoms with Crippen LogP contribution >= 0.6 is 23.2 Å². The van der Waals surface area contributed by atoms with E-state index < -0.39 is 11.6 Å². The quantitative estimate of drug-likeness (QED) is 0.266. The molecular weight excluding hydrogens is 449 g/mol. The summed E-state index contributed by atoms with van der Waals surface area (Å²) in [4.78, 5) is 13.5. The molecule has 4 aromatic rings. The van der Waals surface area contributed by atoms with Crippen LogP contribution in [0.3, 0.4) is 0 Å². The zero-order valence-electron chi connectivity index (χ0n) is 16.9. The van der Waals surface area contributed by atoms with E-state index in [1.807, 2.05) is 36.4 Å². The molecule has 0 saturated carbocycles. The fourth-order valence-corrected chi connectivity index (χ4v) is 4.10. The highest BCUT2D eigenvalue weighted by Crippen LogP contribution is 2.27. The molecule has 160 valence electrons. The van der Waals surface area contributed by atoms with E-state index in [0.717, 1.165) is 11.1 Å². The Labute approximate surface area is 195 Å². The third-order valence-corrected chi connectivity index (χ3v) is 6.04. The second-order valence-corrected chi connectivity index (χ2v) is 8.28. The van der Waals surface area contributed by atoms with Gasteiger partial charge in [-0.3, -0.25) is 4.79 Å². The predicted octanol–water partition coefficient (Wildman–Crippen LogP) is 7.68. The predicted molar refractivity (Wildman–Crippen MR) is 125 cm³/mol. The molecule has 4 aromatic carbocycles. The van der Waals surface area contributed by atoms with Crippen LogP contribution in [-0.4, -0.2) is 5.78 Å². The average Bonchev–Trinajstić information content (AvgIpc) is 2.77. The van der Waals surface area contributed by atoms with Crippen molar-refractivity contribution in [3.05, 3.63) is 140 Å². The van der Waals surface area contributed by atoms with Crippen LogP contribution in [0.15, 0.2) is 84.9 Å². The molecule has 0 radical (unpaired) electrons. The molecule has 0 spiro atoms. The summed E-state index contributed by atoms with van der Waals surface area (Å²) >= 11 is 12.6. The lowest BCUT2D eigenvalue weighted by atomic mass is 9.90. The Morgan fingerprint density at radius 3 is 1.41 bits per heavy atom. The molecule has 0 saturated heterocycles. The molecule has 4 rings (SSSR count). The fraction of sp³-hybridized carbons (Fsp3) is 0.0741. The Bertz CT molecular complexity index is 1200. The molecule has 0 heterocycles. The normalized spacial score (nSPS) is 10.9. The van der Waals surface area contributed by atoms with Gasteiger partial charge >= 0.3 is 0 Å². The maximum Gasteiger partial charge on any atom is 0.193 e. The first-order chi connectivity index (χ1) is 15.4. The summed E-state index contributed by atoms with van der Waals surface area (Å²) in [5.74, 6) is -1.20. The first-order valence-corrected chi connectivity index (χ1v) is 10.8. The zero-order chi connectivity index (χ0) is 22.7. The molecule has 0 aliphatic carbocycles. The van der Waals surface area contributed by atoms with Crippen molar-refractivity contribution in [2.45, 2.75) is 12.8 Å². The van der Waals surface area contributed by atoms with Crippen molar-refractivity contribution in [2.75, 3.05) is 0 Å². The largest absolute Gasteiger partial charge is 0.289 e. The number of carbonyl (C=O) groups excluding carboxylic acids is 1. The van der Waals surface area contributed by atoms with Gasteiger partial charge in [0, 0.05) is 21.2 Å². The molecule has 0 atom stereocenters. The van der Waals surface area contributed by atoms with Gasteiger partial charge in [0.25, 0.3) is 0 Å². The number of carbonyl (C=O) groups is 1. The van der Waals surface area contributed by atoms with Gasteiger partial charge in [-0.25, -0.2) is 8.78 Å². The first-order valence-electron chi connectivity index (χ1n) is 10.0. The second kappa shape index (κ2) is 9.64. The van der Waals surface area contributed by atoms with Crippen molar-refractivity contribution in [2.24, 2.45) is 0 Å². The molecule has 0 aliphatic rings. The monoisotopic (exact) mass is 466 g/mol. The molecule has 32 heavy (non-hydrogen) atoms. The van der Waals surface area contributed by atoms with Gasteiger partial charge in [0.15, 0.2) is 5.78 Å². The molecular formula is C27H18Cl2F2O. The van der Waals surface area contributed by atoms with E-state index in [1.54, 1.807) is 12.1 Å². The van der Waals surface area contributed by atoms with Gasteiger partial charge < -0.3 is 0 Å². The van der Waals surface area contributed by atoms with Crippen molar-refractivity contribution in [3.8, 4) is 0 Å². The number of hydrogen-bond donors (Lipinski definition) is 0. The maximum absolute atomic E-state index is 14.1. The van der Waals surface area contributed by atoms with Crippen molar-refractivity contribution in [3.63, 3.8) is 0 Å². The van der Waals surface area contributed by atoms with Gasteiger partial charge in [-0.1, -0.05) is 59.6 Å². The lowest BCUT2D eigenvalue weighted by Crippen LogP contribution is -2.10. The first kappa shape index (κ1) is 22.2. The topological polar surface area (TPSA) is 17.1 Å². The highest BCUT2D eigenvalue weighted by atomic mass is 35.5. The Morgan fingerprint density at radius 1 is 0.594 bits per heavy atom. The Hall–Kier alpha value is -3.01. The molecule has 0 aromatic heterocycles. The standard InChI is InChI=1S/C27H18Cl2F2O/c28-25-7-3-1-5-17(25)13-19-15-21(30)9-11-23(19)27(32)24-12-10-22(31)16-20(24)14-18-6-2-4-8-26(18)29/h1-12,15-16H,13-14H2.